The molecule has 3 aromatic carbocycles. The Morgan fingerprint density at radius 2 is 1.36 bits per heavy atom. The number of hydrogen-bond donors (Lipinski definition) is 0. The molecule has 0 saturated heterocycles. The van der Waals surface area contributed by atoms with Gasteiger partial charge >= 0.3 is 0 Å². The number of aromatic nitrogens is 3. The third-order valence-electron chi connectivity index (χ3n) is 6.99. The van der Waals surface area contributed by atoms with Crippen LogP contribution >= 0.6 is 0 Å². The topological polar surface area (TPSA) is 30.9 Å². The predicted octanol–water partition coefficient (Wildman–Crippen LogP) is 6.68. The van der Waals surface area contributed by atoms with Crippen LogP contribution in [0, 0.1) is 27.7 Å². The van der Waals surface area contributed by atoms with E-state index in [1.54, 1.807) is 0 Å². The molecule has 1 atom stereocenters. The van der Waals surface area contributed by atoms with Gasteiger partial charge in [-0.2, -0.15) is 0 Å². The van der Waals surface area contributed by atoms with E-state index in [9.17, 15) is 0 Å². The highest BCUT2D eigenvalue weighted by molar-refractivity contribution is 6.69. The summed E-state index contributed by atoms with van der Waals surface area (Å²) in [6.07, 6.45) is 4.09. The van der Waals surface area contributed by atoms with Crippen molar-refractivity contribution in [2.75, 3.05) is 0 Å². The fourth-order valence-electron chi connectivity index (χ4n) is 5.93. The molecule has 1 aliphatic rings. The van der Waals surface area contributed by atoms with Gasteiger partial charge in [0.2, 0.25) is 6.33 Å². The molecule has 0 unspecified atom stereocenters. The lowest BCUT2D eigenvalue weighted by atomic mass is 9.77. The summed E-state index contributed by atoms with van der Waals surface area (Å²) in [5.41, 5.74) is 8.01. The van der Waals surface area contributed by atoms with Gasteiger partial charge in [-0.05, 0) is 77.0 Å². The normalized spacial score (nSPS) is 15.8. The number of hydrogen-bond acceptors (Lipinski definition) is 2. The molecule has 4 nitrogen and oxygen atoms in total. The van der Waals surface area contributed by atoms with Crippen molar-refractivity contribution in [1.82, 2.24) is 9.78 Å². The molecule has 0 bridgehead atoms. The zero-order chi connectivity index (χ0) is 25.7. The first kappa shape index (κ1) is 24.7. The van der Waals surface area contributed by atoms with E-state index >= 15 is 0 Å². The maximum absolute atomic E-state index is 7.45. The molecule has 2 heterocycles. The zero-order valence-corrected chi connectivity index (χ0v) is 23.7. The van der Waals surface area contributed by atoms with Gasteiger partial charge < -0.3 is 4.43 Å². The van der Waals surface area contributed by atoms with E-state index in [1.165, 1.54) is 33.4 Å². The number of rotatable bonds is 6. The average Bonchev–Trinajstić information content (AvgIpc) is 3.37. The summed E-state index contributed by atoms with van der Waals surface area (Å²) >= 11 is 0. The Labute approximate surface area is 216 Å². The zero-order valence-electron chi connectivity index (χ0n) is 22.7. The van der Waals surface area contributed by atoms with Crippen molar-refractivity contribution < 1.29 is 8.99 Å². The van der Waals surface area contributed by atoms with Crippen molar-refractivity contribution in [2.45, 2.75) is 71.8 Å². The monoisotopic (exact) mass is 496 g/mol. The highest BCUT2D eigenvalue weighted by atomic mass is 28.4. The van der Waals surface area contributed by atoms with E-state index in [-0.39, 0.29) is 6.04 Å². The lowest BCUT2D eigenvalue weighted by Crippen LogP contribution is -2.55. The van der Waals surface area contributed by atoms with Gasteiger partial charge in [0, 0.05) is 11.5 Å². The highest BCUT2D eigenvalue weighted by Gasteiger charge is 2.52. The van der Waals surface area contributed by atoms with Crippen molar-refractivity contribution >= 4 is 8.32 Å². The molecule has 1 aliphatic heterocycles. The number of nitrogens with zero attached hydrogens (tertiary/aromatic N) is 3. The summed E-state index contributed by atoms with van der Waals surface area (Å²) in [5, 5.41) is 5.01. The fraction of sp³-hybridized carbons (Fsp3) is 0.355. The number of fused-ring (bicyclic) bond motifs is 1. The van der Waals surface area contributed by atoms with Crippen molar-refractivity contribution in [3.05, 3.63) is 112 Å². The quantitative estimate of drug-likeness (QED) is 0.220. The Balaban J connectivity index is 1.79. The molecule has 4 aromatic rings. The third kappa shape index (κ3) is 4.58. The van der Waals surface area contributed by atoms with Gasteiger partial charge in [0.15, 0.2) is 8.32 Å². The number of aryl methyl sites for hydroxylation is 5. The summed E-state index contributed by atoms with van der Waals surface area (Å²) in [5.74, 6) is 1.11. The SMILES string of the molecule is Cc1cc(C)cc(C(O[Si](C)(C)C)(c2cc(C)cc(C)c2)[C@@H]2CCc3nn(-c4ccccc4)c[n+]32)c1. The maximum atomic E-state index is 7.45. The molecule has 36 heavy (non-hydrogen) atoms. The maximum Gasteiger partial charge on any atom is 0.278 e. The molecule has 0 radical (unpaired) electrons. The van der Waals surface area contributed by atoms with Crippen molar-refractivity contribution in [3.63, 3.8) is 0 Å². The van der Waals surface area contributed by atoms with E-state index in [0.717, 1.165) is 24.4 Å². The van der Waals surface area contributed by atoms with Gasteiger partial charge in [-0.3, -0.25) is 0 Å². The van der Waals surface area contributed by atoms with Crippen LogP contribution in [0.3, 0.4) is 0 Å². The molecule has 5 rings (SSSR count). The van der Waals surface area contributed by atoms with Gasteiger partial charge in [0.1, 0.15) is 17.3 Å². The summed E-state index contributed by atoms with van der Waals surface area (Å²) < 4.78 is 11.9. The molecule has 5 heteroatoms. The van der Waals surface area contributed by atoms with Gasteiger partial charge in [-0.1, -0.05) is 81.5 Å². The average molecular weight is 497 g/mol. The van der Waals surface area contributed by atoms with E-state index < -0.39 is 13.9 Å². The largest absolute Gasteiger partial charge is 0.401 e. The minimum atomic E-state index is -2.01. The van der Waals surface area contributed by atoms with Crippen LogP contribution in [0.25, 0.3) is 5.69 Å². The minimum absolute atomic E-state index is 0.0964. The van der Waals surface area contributed by atoms with Gasteiger partial charge in [-0.25, -0.2) is 4.57 Å². The van der Waals surface area contributed by atoms with Gasteiger partial charge in [0.05, 0.1) is 0 Å². The van der Waals surface area contributed by atoms with Gasteiger partial charge in [-0.15, -0.1) is 0 Å². The number of para-hydroxylation sites is 1. The van der Waals surface area contributed by atoms with E-state index in [1.807, 2.05) is 10.7 Å². The van der Waals surface area contributed by atoms with Crippen molar-refractivity contribution in [3.8, 4) is 5.69 Å². The van der Waals surface area contributed by atoms with Crippen LogP contribution in [0.2, 0.25) is 19.6 Å². The molecule has 0 N–H and O–H groups in total. The van der Waals surface area contributed by atoms with Crippen molar-refractivity contribution in [1.29, 1.82) is 0 Å². The predicted molar refractivity (Wildman–Crippen MR) is 148 cm³/mol. The molecular weight excluding hydrogens is 458 g/mol. The lowest BCUT2D eigenvalue weighted by Gasteiger charge is -2.44. The minimum Gasteiger partial charge on any atom is -0.401 e. The molecule has 0 spiro atoms. The van der Waals surface area contributed by atoms with Crippen LogP contribution in [0.1, 0.15) is 51.7 Å². The first-order chi connectivity index (χ1) is 17.0. The van der Waals surface area contributed by atoms with E-state index in [4.69, 9.17) is 9.52 Å². The second-order valence-corrected chi connectivity index (χ2v) is 15.9. The van der Waals surface area contributed by atoms with Crippen LogP contribution in [-0.4, -0.2) is 18.1 Å². The number of benzene rings is 3. The smallest absolute Gasteiger partial charge is 0.278 e. The molecule has 1 aromatic heterocycles. The van der Waals surface area contributed by atoms with Crippen LogP contribution in [0.5, 0.6) is 0 Å². The lowest BCUT2D eigenvalue weighted by molar-refractivity contribution is -0.730. The fourth-order valence-corrected chi connectivity index (χ4v) is 7.27. The summed E-state index contributed by atoms with van der Waals surface area (Å²) in [6.45, 7) is 15.7. The van der Waals surface area contributed by atoms with Crippen LogP contribution < -0.4 is 4.57 Å². The summed E-state index contributed by atoms with van der Waals surface area (Å²) in [7, 11) is -2.01. The summed E-state index contributed by atoms with van der Waals surface area (Å²) in [4.78, 5) is 0. The molecule has 0 saturated carbocycles. The van der Waals surface area contributed by atoms with E-state index in [2.05, 4.69) is 119 Å². The first-order valence-electron chi connectivity index (χ1n) is 13.0. The Morgan fingerprint density at radius 3 is 1.86 bits per heavy atom. The van der Waals surface area contributed by atoms with Crippen molar-refractivity contribution in [2.24, 2.45) is 0 Å². The Morgan fingerprint density at radius 1 is 0.833 bits per heavy atom. The van der Waals surface area contributed by atoms with Gasteiger partial charge in [0.25, 0.3) is 5.82 Å². The van der Waals surface area contributed by atoms with Crippen LogP contribution in [0.15, 0.2) is 73.1 Å². The Bertz CT molecular complexity index is 1310. The van der Waals surface area contributed by atoms with Crippen LogP contribution in [-0.2, 0) is 16.4 Å². The van der Waals surface area contributed by atoms with Crippen LogP contribution in [0.4, 0.5) is 0 Å². The Kier molecular flexibility index (Phi) is 6.25. The molecule has 186 valence electrons. The third-order valence-corrected chi connectivity index (χ3v) is 7.92. The molecule has 0 aliphatic carbocycles. The second-order valence-electron chi connectivity index (χ2n) is 11.5. The highest BCUT2D eigenvalue weighted by Crippen LogP contribution is 2.47. The molecule has 0 fully saturated rings. The standard InChI is InChI=1S/C31H38N3OSi/c1-22-15-23(2)18-26(17-22)31(35-36(5,6)7,27-19-24(3)16-25(4)20-27)29-13-14-30-32-34(21-33(29)30)28-11-9-8-10-12-28/h8-12,15-21,29H,13-14H2,1-7H3/q+1/t29-/m0/s1. The second kappa shape index (κ2) is 9.13. The summed E-state index contributed by atoms with van der Waals surface area (Å²) in [6, 6.07) is 24.3. The van der Waals surface area contributed by atoms with E-state index in [0.29, 0.717) is 0 Å². The Hall–Kier alpha value is -3.02. The molecule has 0 amide bonds. The first-order valence-corrected chi connectivity index (χ1v) is 16.4. The molecular formula is C31H38N3OSi+.